The van der Waals surface area contributed by atoms with Gasteiger partial charge in [0.15, 0.2) is 0 Å². The van der Waals surface area contributed by atoms with Crippen LogP contribution in [-0.4, -0.2) is 51.2 Å². The van der Waals surface area contributed by atoms with Crippen LogP contribution in [0.2, 0.25) is 5.02 Å². The standard InChI is InChI=1S/C21H25N.C20H23NO2.C19H20ClNO.C18H19N.C17H18N2/c1-14(2)15-6-8-16(9-7-15)18-12-17-10-11-22-20(17)13-19(18)21(3,4)5;1-20(2,3)15-12-16-13(9-10-21-16)11-14(15)19-17(22-4)7-6-8-18(19)23-5;1-19(2,3)16-11-17-12(7-8-21-17)9-15(16)14-6-5-13(20)10-18(14)22-4;1-18(2,3)16-12-17-14(9-10-19-17)11-15(16)13-7-5-4-6-8-13;1-17(2,3)15-10-16-12(6-8-19-16)9-14(15)13-5-4-7-18-11-13/h6-14,22H,1-5H3;6-12,21H,1-5H3;5-11,21H,1-4H3;4-12,19H,1-3H3;4-11,19H,1-3H3. The molecule has 5 N–H and O–H groups in total. The second kappa shape index (κ2) is 31.1. The molecule has 6 aromatic heterocycles. The topological polar surface area (TPSA) is 120 Å². The fourth-order valence-electron chi connectivity index (χ4n) is 13.9. The third kappa shape index (κ3) is 17.3. The summed E-state index contributed by atoms with van der Waals surface area (Å²) in [4.78, 5) is 20.8. The van der Waals surface area contributed by atoms with E-state index >= 15 is 0 Å². The van der Waals surface area contributed by atoms with Crippen molar-refractivity contribution < 1.29 is 14.2 Å². The smallest absolute Gasteiger partial charge is 0.130 e. The summed E-state index contributed by atoms with van der Waals surface area (Å²) in [6.07, 6.45) is 13.7. The monoisotopic (exact) mass is 1410 g/mol. The van der Waals surface area contributed by atoms with Gasteiger partial charge in [-0.15, -0.1) is 0 Å². The van der Waals surface area contributed by atoms with Gasteiger partial charge in [-0.05, 0) is 260 Å². The van der Waals surface area contributed by atoms with Gasteiger partial charge in [0.1, 0.15) is 17.2 Å². The number of hydrogen-bond acceptors (Lipinski definition) is 4. The Hall–Kier alpha value is -10.5. The van der Waals surface area contributed by atoms with E-state index in [-0.39, 0.29) is 27.1 Å². The maximum Gasteiger partial charge on any atom is 0.130 e. The number of benzene rings is 9. The fourth-order valence-corrected chi connectivity index (χ4v) is 14.1. The number of nitrogens with one attached hydrogen (secondary N) is 5. The lowest BCUT2D eigenvalue weighted by molar-refractivity contribution is 0.397. The lowest BCUT2D eigenvalue weighted by atomic mass is 9.81. The van der Waals surface area contributed by atoms with Crippen molar-refractivity contribution in [3.8, 4) is 72.9 Å². The minimum Gasteiger partial charge on any atom is -0.496 e. The third-order valence-electron chi connectivity index (χ3n) is 19.6. The van der Waals surface area contributed by atoms with E-state index in [0.717, 1.165) is 45.0 Å². The Morgan fingerprint density at radius 3 is 1.02 bits per heavy atom. The highest BCUT2D eigenvalue weighted by Gasteiger charge is 2.27. The van der Waals surface area contributed by atoms with E-state index in [9.17, 15) is 0 Å². The van der Waals surface area contributed by atoms with Gasteiger partial charge in [0.05, 0.1) is 26.9 Å². The fraction of sp³-hybridized carbons (Fsp3) is 0.274. The maximum atomic E-state index is 6.11. The molecule has 9 nitrogen and oxygen atoms in total. The molecule has 0 spiro atoms. The van der Waals surface area contributed by atoms with Gasteiger partial charge in [-0.1, -0.05) is 196 Å². The number of fused-ring (bicyclic) bond motifs is 5. The second-order valence-corrected chi connectivity index (χ2v) is 33.3. The van der Waals surface area contributed by atoms with Gasteiger partial charge >= 0.3 is 0 Å². The normalized spacial score (nSPS) is 11.9. The van der Waals surface area contributed by atoms with E-state index in [2.05, 4.69) is 299 Å². The molecule has 15 rings (SSSR count). The molecular formula is C95H105ClN6O3. The number of ether oxygens (including phenoxy) is 3. The minimum atomic E-state index is 0.000494. The quantitative estimate of drug-likeness (QED) is 0.0989. The Bertz CT molecular complexity index is 5290. The summed E-state index contributed by atoms with van der Waals surface area (Å²) in [6.45, 7) is 38.2. The van der Waals surface area contributed by atoms with Gasteiger partial charge in [0.25, 0.3) is 0 Å². The van der Waals surface area contributed by atoms with Crippen molar-refractivity contribution in [2.75, 3.05) is 21.3 Å². The molecule has 0 fully saturated rings. The summed E-state index contributed by atoms with van der Waals surface area (Å²) in [5, 5.41) is 6.84. The Balaban J connectivity index is 0.000000131. The van der Waals surface area contributed by atoms with E-state index < -0.39 is 0 Å². The number of hydrogen-bond donors (Lipinski definition) is 5. The summed E-state index contributed by atoms with van der Waals surface area (Å²) in [5.41, 5.74) is 26.5. The van der Waals surface area contributed by atoms with E-state index in [4.69, 9.17) is 25.8 Å². The van der Waals surface area contributed by atoms with Gasteiger partial charge in [0, 0.05) is 87.1 Å². The number of aromatic nitrogens is 6. The second-order valence-electron chi connectivity index (χ2n) is 32.8. The Labute approximate surface area is 627 Å². The Morgan fingerprint density at radius 1 is 0.314 bits per heavy atom. The molecule has 105 heavy (non-hydrogen) atoms. The first-order valence-corrected chi connectivity index (χ1v) is 36.9. The minimum absolute atomic E-state index is 0.000494. The van der Waals surface area contributed by atoms with E-state index in [0.29, 0.717) is 10.9 Å². The molecule has 0 aliphatic carbocycles. The van der Waals surface area contributed by atoms with Gasteiger partial charge in [-0.2, -0.15) is 0 Å². The predicted octanol–water partition coefficient (Wildman–Crippen LogP) is 26.9. The molecule has 10 heteroatoms. The zero-order valence-corrected chi connectivity index (χ0v) is 65.9. The number of nitrogens with zero attached hydrogens (tertiary/aromatic N) is 1. The molecule has 6 heterocycles. The number of halogens is 1. The summed E-state index contributed by atoms with van der Waals surface area (Å²) >= 11 is 6.11. The average Bonchev–Trinajstić information content (AvgIpc) is 1.47. The molecule has 0 amide bonds. The molecule has 0 atom stereocenters. The van der Waals surface area contributed by atoms with Crippen LogP contribution in [0.15, 0.2) is 238 Å². The van der Waals surface area contributed by atoms with Gasteiger partial charge in [0.2, 0.25) is 0 Å². The van der Waals surface area contributed by atoms with Crippen LogP contribution in [-0.2, 0) is 27.1 Å². The first-order valence-electron chi connectivity index (χ1n) is 36.5. The summed E-state index contributed by atoms with van der Waals surface area (Å²) in [7, 11) is 5.08. The van der Waals surface area contributed by atoms with Crippen LogP contribution in [0.5, 0.6) is 17.2 Å². The molecule has 0 aliphatic heterocycles. The molecule has 9 aromatic carbocycles. The van der Waals surface area contributed by atoms with Crippen molar-refractivity contribution in [2.24, 2.45) is 0 Å². The third-order valence-corrected chi connectivity index (χ3v) is 19.8. The largest absolute Gasteiger partial charge is 0.496 e. The summed E-state index contributed by atoms with van der Waals surface area (Å²) in [6, 6.07) is 68.7. The summed E-state index contributed by atoms with van der Waals surface area (Å²) < 4.78 is 16.8. The molecule has 0 saturated carbocycles. The van der Waals surface area contributed by atoms with Crippen LogP contribution < -0.4 is 14.2 Å². The van der Waals surface area contributed by atoms with Crippen molar-refractivity contribution in [1.29, 1.82) is 0 Å². The first kappa shape index (κ1) is 75.7. The van der Waals surface area contributed by atoms with Crippen LogP contribution >= 0.6 is 11.6 Å². The van der Waals surface area contributed by atoms with Crippen LogP contribution in [0, 0.1) is 0 Å². The lowest BCUT2D eigenvalue weighted by Gasteiger charge is -2.25. The number of aromatic amines is 5. The highest BCUT2D eigenvalue weighted by atomic mass is 35.5. The highest BCUT2D eigenvalue weighted by molar-refractivity contribution is 6.30. The van der Waals surface area contributed by atoms with Gasteiger partial charge in [-0.3, -0.25) is 4.98 Å². The molecular weight excluding hydrogens is 1310 g/mol. The first-order chi connectivity index (χ1) is 49.8. The van der Waals surface area contributed by atoms with Gasteiger partial charge < -0.3 is 39.1 Å². The zero-order valence-electron chi connectivity index (χ0n) is 65.1. The van der Waals surface area contributed by atoms with Crippen molar-refractivity contribution in [1.82, 2.24) is 29.9 Å². The zero-order chi connectivity index (χ0) is 75.3. The number of H-pyrrole nitrogens is 5. The highest BCUT2D eigenvalue weighted by Crippen LogP contribution is 2.46. The Morgan fingerprint density at radius 2 is 0.657 bits per heavy atom. The summed E-state index contributed by atoms with van der Waals surface area (Å²) in [5.74, 6) is 3.02. The average molecular weight is 1410 g/mol. The molecule has 0 aliphatic rings. The van der Waals surface area contributed by atoms with Crippen molar-refractivity contribution in [2.45, 2.75) is 151 Å². The predicted molar refractivity (Wildman–Crippen MR) is 449 cm³/mol. The molecule has 0 unspecified atom stereocenters. The molecule has 0 radical (unpaired) electrons. The maximum absolute atomic E-state index is 6.11. The van der Waals surface area contributed by atoms with Crippen LogP contribution in [0.4, 0.5) is 0 Å². The molecule has 0 bridgehead atoms. The van der Waals surface area contributed by atoms with E-state index in [1.807, 2.05) is 85.8 Å². The van der Waals surface area contributed by atoms with Crippen LogP contribution in [0.3, 0.4) is 0 Å². The van der Waals surface area contributed by atoms with Crippen LogP contribution in [0.25, 0.3) is 110 Å². The van der Waals surface area contributed by atoms with E-state index in [1.165, 1.54) is 116 Å². The number of rotatable bonds is 9. The van der Waals surface area contributed by atoms with Crippen molar-refractivity contribution >= 4 is 66.1 Å². The van der Waals surface area contributed by atoms with Crippen LogP contribution in [0.1, 0.15) is 157 Å². The lowest BCUT2D eigenvalue weighted by Crippen LogP contribution is -2.13. The SMILES string of the molecule is CC(C)(C)c1cc2[nH]ccc2cc1-c1ccccc1.CC(C)(C)c1cc2[nH]ccc2cc1-c1cccnc1.CC(C)c1ccc(-c2cc3cc[nH]c3cc2C(C)(C)C)cc1.COc1cc(Cl)ccc1-c1cc2cc[nH]c2cc1C(C)(C)C.COc1cccc(OC)c1-c1cc2cc[nH]c2cc1C(C)(C)C. The molecule has 540 valence electrons. The molecule has 15 aromatic rings. The molecule has 0 saturated heterocycles. The Kier molecular flexibility index (Phi) is 22.4. The van der Waals surface area contributed by atoms with Crippen molar-refractivity contribution in [3.05, 3.63) is 276 Å². The van der Waals surface area contributed by atoms with Crippen molar-refractivity contribution in [3.63, 3.8) is 0 Å². The van der Waals surface area contributed by atoms with E-state index in [1.54, 1.807) is 21.3 Å². The van der Waals surface area contributed by atoms with Gasteiger partial charge in [-0.25, -0.2) is 0 Å². The number of methoxy groups -OCH3 is 3. The number of pyridine rings is 1.